The van der Waals surface area contributed by atoms with Crippen LogP contribution in [0.2, 0.25) is 0 Å². The summed E-state index contributed by atoms with van der Waals surface area (Å²) >= 11 is 0. The second-order valence-electron chi connectivity index (χ2n) is 7.53. The molecule has 0 radical (unpaired) electrons. The van der Waals surface area contributed by atoms with E-state index in [1.807, 2.05) is 12.1 Å². The van der Waals surface area contributed by atoms with Crippen molar-refractivity contribution >= 4 is 39.9 Å². The average molecular weight is 433 g/mol. The minimum atomic E-state index is -0.693. The number of ketones is 1. The number of hydrogen-bond donors (Lipinski definition) is 0. The first-order valence-corrected chi connectivity index (χ1v) is 10.5. The summed E-state index contributed by atoms with van der Waals surface area (Å²) < 4.78 is 5.51. The Morgan fingerprint density at radius 2 is 1.69 bits per heavy atom. The van der Waals surface area contributed by atoms with Gasteiger partial charge in [-0.05, 0) is 49.8 Å². The molecule has 3 aromatic rings. The van der Waals surface area contributed by atoms with E-state index < -0.39 is 16.3 Å². The van der Waals surface area contributed by atoms with Crippen molar-refractivity contribution in [3.8, 4) is 0 Å². The summed E-state index contributed by atoms with van der Waals surface area (Å²) in [6, 6.07) is 11.2. The molecule has 1 aromatic heterocycles. The van der Waals surface area contributed by atoms with E-state index in [1.54, 1.807) is 6.07 Å². The van der Waals surface area contributed by atoms with Crippen LogP contribution in [0.25, 0.3) is 17.0 Å². The van der Waals surface area contributed by atoms with Crippen LogP contribution in [-0.2, 0) is 0 Å². The molecule has 1 aliphatic rings. The zero-order chi connectivity index (χ0) is 22.8. The number of allylic oxidation sites excluding steroid dienone is 1. The molecule has 0 aliphatic carbocycles. The molecule has 0 unspecified atom stereocenters. The summed E-state index contributed by atoms with van der Waals surface area (Å²) in [7, 11) is 0. The van der Waals surface area contributed by atoms with Gasteiger partial charge in [0.05, 0.1) is 16.3 Å². The molecule has 4 rings (SSSR count). The van der Waals surface area contributed by atoms with Gasteiger partial charge in [-0.3, -0.25) is 14.9 Å². The molecule has 0 amide bonds. The molecule has 164 valence electrons. The second kappa shape index (κ2) is 8.66. The number of nitrogens with zero attached hydrogens (tertiary/aromatic N) is 3. The number of anilines is 2. The van der Waals surface area contributed by atoms with Crippen molar-refractivity contribution in [2.75, 3.05) is 36.0 Å². The smallest absolute Gasteiger partial charge is 0.347 e. The summed E-state index contributed by atoms with van der Waals surface area (Å²) in [6.45, 7) is 7.70. The Balaban J connectivity index is 1.68. The fraction of sp³-hybridized carbons (Fsp3) is 0.250. The molecule has 0 bridgehead atoms. The molecule has 1 aliphatic heterocycles. The summed E-state index contributed by atoms with van der Waals surface area (Å²) in [4.78, 5) is 40.0. The Bertz CT molecular complexity index is 1280. The third kappa shape index (κ3) is 3.99. The highest BCUT2D eigenvalue weighted by atomic mass is 16.6. The van der Waals surface area contributed by atoms with Gasteiger partial charge in [-0.15, -0.1) is 0 Å². The maximum absolute atomic E-state index is 12.7. The maximum atomic E-state index is 12.7. The van der Waals surface area contributed by atoms with Crippen molar-refractivity contribution in [1.82, 2.24) is 0 Å². The van der Waals surface area contributed by atoms with Gasteiger partial charge in [0, 0.05) is 49.8 Å². The SMILES string of the molecule is CCN1CCN(CC)c2cc3oc(=O)c(C(=O)/C=C/c4ccc([N+](=O)[O-])cc4)cc3cc21. The molecule has 0 atom stereocenters. The lowest BCUT2D eigenvalue weighted by atomic mass is 10.1. The van der Waals surface area contributed by atoms with Gasteiger partial charge in [0.1, 0.15) is 11.1 Å². The third-order valence-electron chi connectivity index (χ3n) is 5.71. The number of nitro groups is 1. The minimum Gasteiger partial charge on any atom is -0.422 e. The molecule has 8 heteroatoms. The van der Waals surface area contributed by atoms with Gasteiger partial charge in [-0.1, -0.05) is 6.08 Å². The van der Waals surface area contributed by atoms with E-state index in [4.69, 9.17) is 4.42 Å². The van der Waals surface area contributed by atoms with Crippen LogP contribution in [-0.4, -0.2) is 36.9 Å². The molecule has 2 aromatic carbocycles. The predicted molar refractivity (Wildman–Crippen MR) is 125 cm³/mol. The summed E-state index contributed by atoms with van der Waals surface area (Å²) in [5.74, 6) is -0.487. The van der Waals surface area contributed by atoms with Crippen LogP contribution < -0.4 is 15.4 Å². The van der Waals surface area contributed by atoms with Gasteiger partial charge < -0.3 is 14.2 Å². The van der Waals surface area contributed by atoms with Gasteiger partial charge in [-0.25, -0.2) is 4.79 Å². The first-order valence-electron chi connectivity index (χ1n) is 10.5. The van der Waals surface area contributed by atoms with Crippen LogP contribution in [0, 0.1) is 10.1 Å². The highest BCUT2D eigenvalue weighted by Crippen LogP contribution is 2.36. The van der Waals surface area contributed by atoms with E-state index in [-0.39, 0.29) is 11.3 Å². The predicted octanol–water partition coefficient (Wildman–Crippen LogP) is 4.26. The van der Waals surface area contributed by atoms with E-state index in [0.717, 1.165) is 37.6 Å². The number of nitro benzene ring substituents is 1. The van der Waals surface area contributed by atoms with Gasteiger partial charge in [0.15, 0.2) is 5.78 Å². The van der Waals surface area contributed by atoms with Gasteiger partial charge in [0.25, 0.3) is 5.69 Å². The Kier molecular flexibility index (Phi) is 5.77. The molecule has 32 heavy (non-hydrogen) atoms. The quantitative estimate of drug-likeness (QED) is 0.188. The van der Waals surface area contributed by atoms with Crippen LogP contribution in [0.5, 0.6) is 0 Å². The maximum Gasteiger partial charge on any atom is 0.347 e. The lowest BCUT2D eigenvalue weighted by Gasteiger charge is -2.38. The van der Waals surface area contributed by atoms with E-state index in [1.165, 1.54) is 36.4 Å². The molecule has 0 spiro atoms. The van der Waals surface area contributed by atoms with Crippen molar-refractivity contribution in [1.29, 1.82) is 0 Å². The van der Waals surface area contributed by atoms with E-state index >= 15 is 0 Å². The minimum absolute atomic E-state index is 0.0326. The number of hydrogen-bond acceptors (Lipinski definition) is 7. The Morgan fingerprint density at radius 1 is 1.06 bits per heavy atom. The number of fused-ring (bicyclic) bond motifs is 2. The monoisotopic (exact) mass is 433 g/mol. The lowest BCUT2D eigenvalue weighted by Crippen LogP contribution is -2.40. The van der Waals surface area contributed by atoms with Crippen molar-refractivity contribution in [2.45, 2.75) is 13.8 Å². The normalized spacial score (nSPS) is 13.6. The topological polar surface area (TPSA) is 96.9 Å². The van der Waals surface area contributed by atoms with Gasteiger partial charge >= 0.3 is 5.63 Å². The molecule has 0 saturated carbocycles. The van der Waals surface area contributed by atoms with Gasteiger partial charge in [0.2, 0.25) is 0 Å². The number of non-ortho nitro benzene ring substituents is 1. The largest absolute Gasteiger partial charge is 0.422 e. The molecule has 2 heterocycles. The number of rotatable bonds is 6. The van der Waals surface area contributed by atoms with E-state index in [0.29, 0.717) is 16.5 Å². The number of benzene rings is 2. The zero-order valence-electron chi connectivity index (χ0n) is 17.9. The Morgan fingerprint density at radius 3 is 2.28 bits per heavy atom. The zero-order valence-corrected chi connectivity index (χ0v) is 17.9. The van der Waals surface area contributed by atoms with Crippen LogP contribution in [0.1, 0.15) is 29.8 Å². The van der Waals surface area contributed by atoms with Crippen molar-refractivity contribution in [3.63, 3.8) is 0 Å². The lowest BCUT2D eigenvalue weighted by molar-refractivity contribution is -0.384. The average Bonchev–Trinajstić information content (AvgIpc) is 2.80. The van der Waals surface area contributed by atoms with Crippen LogP contribution >= 0.6 is 0 Å². The van der Waals surface area contributed by atoms with Crippen LogP contribution in [0.3, 0.4) is 0 Å². The van der Waals surface area contributed by atoms with Crippen LogP contribution in [0.4, 0.5) is 17.1 Å². The molecule has 8 nitrogen and oxygen atoms in total. The number of carbonyl (C=O) groups is 1. The van der Waals surface area contributed by atoms with E-state index in [9.17, 15) is 19.7 Å². The number of carbonyl (C=O) groups excluding carboxylic acids is 1. The highest BCUT2D eigenvalue weighted by molar-refractivity contribution is 6.08. The Labute approximate surface area is 184 Å². The van der Waals surface area contributed by atoms with Gasteiger partial charge in [-0.2, -0.15) is 0 Å². The standard InChI is InChI=1S/C24H23N3O5/c1-3-25-11-12-26(4-2)21-15-23-17(14-20(21)25)13-19(24(29)32-23)22(28)10-7-16-5-8-18(9-6-16)27(30)31/h5-10,13-15H,3-4,11-12H2,1-2H3/b10-7+. The van der Waals surface area contributed by atoms with Crippen molar-refractivity contribution < 1.29 is 14.1 Å². The molecule has 0 N–H and O–H groups in total. The summed E-state index contributed by atoms with van der Waals surface area (Å²) in [5, 5.41) is 11.4. The summed E-state index contributed by atoms with van der Waals surface area (Å²) in [5.41, 5.74) is 2.36. The molecule has 0 saturated heterocycles. The van der Waals surface area contributed by atoms with Crippen molar-refractivity contribution in [2.24, 2.45) is 0 Å². The fourth-order valence-electron chi connectivity index (χ4n) is 3.93. The fourth-order valence-corrected chi connectivity index (χ4v) is 3.93. The number of likely N-dealkylation sites (N-methyl/N-ethyl adjacent to an activating group) is 2. The van der Waals surface area contributed by atoms with Crippen molar-refractivity contribution in [3.05, 3.63) is 80.2 Å². The molecular weight excluding hydrogens is 410 g/mol. The first kappa shape index (κ1) is 21.3. The first-order chi connectivity index (χ1) is 15.4. The third-order valence-corrected chi connectivity index (χ3v) is 5.71. The molecule has 0 fully saturated rings. The Hall–Kier alpha value is -3.94. The molecular formula is C24H23N3O5. The highest BCUT2D eigenvalue weighted by Gasteiger charge is 2.23. The second-order valence-corrected chi connectivity index (χ2v) is 7.53. The summed E-state index contributed by atoms with van der Waals surface area (Å²) in [6.07, 6.45) is 2.79. The van der Waals surface area contributed by atoms with Crippen LogP contribution in [0.15, 0.2) is 57.8 Å². The van der Waals surface area contributed by atoms with E-state index in [2.05, 4.69) is 23.6 Å².